The topological polar surface area (TPSA) is 56.4 Å². The van der Waals surface area contributed by atoms with Gasteiger partial charge in [-0.2, -0.15) is 0 Å². The molecule has 1 saturated heterocycles. The number of amides is 1. The van der Waals surface area contributed by atoms with Crippen molar-refractivity contribution in [2.45, 2.75) is 0 Å². The quantitative estimate of drug-likeness (QED) is 0.914. The molecule has 1 aromatic heterocycles. The Hall–Kier alpha value is -2.63. The van der Waals surface area contributed by atoms with E-state index in [4.69, 9.17) is 0 Å². The molecule has 1 aliphatic heterocycles. The average molecular weight is 301 g/mol. The van der Waals surface area contributed by atoms with Gasteiger partial charge in [-0.3, -0.25) is 9.59 Å². The maximum Gasteiger partial charge on any atom is 0.256 e. The summed E-state index contributed by atoms with van der Waals surface area (Å²) in [6, 6.07) is 9.27. The maximum atomic E-state index is 13.7. The highest BCUT2D eigenvalue weighted by Gasteiger charge is 2.23. The third kappa shape index (κ3) is 2.86. The molecule has 2 heterocycles. The van der Waals surface area contributed by atoms with E-state index >= 15 is 0 Å². The Kier molecular flexibility index (Phi) is 3.91. The lowest BCUT2D eigenvalue weighted by Crippen LogP contribution is -2.49. The van der Waals surface area contributed by atoms with Gasteiger partial charge in [-0.15, -0.1) is 0 Å². The minimum Gasteiger partial charge on any atom is -0.367 e. The molecule has 1 fully saturated rings. The van der Waals surface area contributed by atoms with Gasteiger partial charge in [0.25, 0.3) is 5.91 Å². The highest BCUT2D eigenvalue weighted by molar-refractivity contribution is 5.94. The Labute approximate surface area is 127 Å². The zero-order chi connectivity index (χ0) is 15.5. The van der Waals surface area contributed by atoms with Crippen LogP contribution < -0.4 is 10.5 Å². The van der Waals surface area contributed by atoms with Crippen molar-refractivity contribution in [2.75, 3.05) is 31.1 Å². The van der Waals surface area contributed by atoms with Crippen molar-refractivity contribution in [3.8, 4) is 0 Å². The van der Waals surface area contributed by atoms with E-state index in [0.717, 1.165) is 5.69 Å². The summed E-state index contributed by atoms with van der Waals surface area (Å²) in [5, 5.41) is 0. The number of halogens is 1. The van der Waals surface area contributed by atoms with Gasteiger partial charge in [0.05, 0.1) is 11.3 Å². The number of aromatic nitrogens is 1. The summed E-state index contributed by atoms with van der Waals surface area (Å²) in [5.41, 5.74) is 0.884. The molecule has 114 valence electrons. The van der Waals surface area contributed by atoms with Gasteiger partial charge in [-0.25, -0.2) is 4.39 Å². The Morgan fingerprint density at radius 1 is 1.05 bits per heavy atom. The minimum absolute atomic E-state index is 0.111. The Bertz CT molecular complexity index is 716. The van der Waals surface area contributed by atoms with Crippen LogP contribution in [0.15, 0.2) is 47.4 Å². The number of carbonyl (C=O) groups excluding carboxylic acids is 1. The number of H-pyrrole nitrogens is 1. The number of hydrogen-bond donors (Lipinski definition) is 1. The third-order valence-electron chi connectivity index (χ3n) is 3.80. The van der Waals surface area contributed by atoms with E-state index in [0.29, 0.717) is 26.2 Å². The van der Waals surface area contributed by atoms with Crippen molar-refractivity contribution < 1.29 is 9.18 Å². The van der Waals surface area contributed by atoms with E-state index in [-0.39, 0.29) is 17.0 Å². The molecular formula is C16H16FN3O2. The molecule has 1 aliphatic rings. The van der Waals surface area contributed by atoms with Crippen LogP contribution in [0.4, 0.5) is 10.1 Å². The van der Waals surface area contributed by atoms with Crippen molar-refractivity contribution in [2.24, 2.45) is 0 Å². The van der Waals surface area contributed by atoms with Crippen LogP contribution in [-0.2, 0) is 0 Å². The van der Waals surface area contributed by atoms with Crippen molar-refractivity contribution in [1.29, 1.82) is 0 Å². The lowest BCUT2D eigenvalue weighted by molar-refractivity contribution is 0.0742. The van der Waals surface area contributed by atoms with E-state index in [9.17, 15) is 14.0 Å². The van der Waals surface area contributed by atoms with Crippen LogP contribution in [0.1, 0.15) is 10.4 Å². The van der Waals surface area contributed by atoms with Gasteiger partial charge in [0.1, 0.15) is 5.82 Å². The summed E-state index contributed by atoms with van der Waals surface area (Å²) in [6.07, 6.45) is 1.66. The zero-order valence-electron chi connectivity index (χ0n) is 12.0. The summed E-state index contributed by atoms with van der Waals surface area (Å²) < 4.78 is 13.7. The van der Waals surface area contributed by atoms with Gasteiger partial charge in [-0.1, -0.05) is 12.1 Å². The fourth-order valence-corrected chi connectivity index (χ4v) is 2.57. The molecule has 5 nitrogen and oxygen atoms in total. The SMILES string of the molecule is O=C(c1ccccc1F)N1CCN(c2ccc(=O)[nH]c2)CC1. The van der Waals surface area contributed by atoms with Crippen LogP contribution in [0, 0.1) is 5.82 Å². The van der Waals surface area contributed by atoms with Crippen molar-refractivity contribution >= 4 is 11.6 Å². The van der Waals surface area contributed by atoms with Crippen LogP contribution >= 0.6 is 0 Å². The number of anilines is 1. The first-order valence-electron chi connectivity index (χ1n) is 7.12. The number of benzene rings is 1. The molecule has 3 rings (SSSR count). The molecule has 0 bridgehead atoms. The molecule has 1 N–H and O–H groups in total. The number of hydrogen-bond acceptors (Lipinski definition) is 3. The van der Waals surface area contributed by atoms with Gasteiger partial charge >= 0.3 is 0 Å². The number of carbonyl (C=O) groups is 1. The van der Waals surface area contributed by atoms with Gasteiger partial charge in [0, 0.05) is 38.4 Å². The highest BCUT2D eigenvalue weighted by Crippen LogP contribution is 2.16. The smallest absolute Gasteiger partial charge is 0.256 e. The predicted octanol–water partition coefficient (Wildman–Crippen LogP) is 1.48. The monoisotopic (exact) mass is 301 g/mol. The van der Waals surface area contributed by atoms with E-state index in [1.807, 2.05) is 0 Å². The molecule has 1 amide bonds. The molecule has 22 heavy (non-hydrogen) atoms. The summed E-state index contributed by atoms with van der Waals surface area (Å²) in [4.78, 5) is 29.8. The number of aromatic amines is 1. The summed E-state index contributed by atoms with van der Waals surface area (Å²) in [5.74, 6) is -0.769. The molecule has 0 saturated carbocycles. The molecule has 2 aromatic rings. The van der Waals surface area contributed by atoms with Crippen molar-refractivity contribution in [3.05, 3.63) is 64.3 Å². The molecule has 6 heteroatoms. The van der Waals surface area contributed by atoms with Gasteiger partial charge in [0.2, 0.25) is 5.56 Å². The lowest BCUT2D eigenvalue weighted by atomic mass is 10.1. The van der Waals surface area contributed by atoms with Crippen molar-refractivity contribution in [1.82, 2.24) is 9.88 Å². The van der Waals surface area contributed by atoms with E-state index in [2.05, 4.69) is 9.88 Å². The Balaban J connectivity index is 1.67. The summed E-state index contributed by atoms with van der Waals surface area (Å²) in [6.45, 7) is 2.33. The van der Waals surface area contributed by atoms with Crippen LogP contribution in [0.25, 0.3) is 0 Å². The molecule has 0 atom stereocenters. The van der Waals surface area contributed by atoms with Gasteiger partial charge in [0.15, 0.2) is 0 Å². The second-order valence-corrected chi connectivity index (χ2v) is 5.17. The number of pyridine rings is 1. The highest BCUT2D eigenvalue weighted by atomic mass is 19.1. The second-order valence-electron chi connectivity index (χ2n) is 5.17. The number of nitrogens with one attached hydrogen (secondary N) is 1. The fourth-order valence-electron chi connectivity index (χ4n) is 2.57. The first-order valence-corrected chi connectivity index (χ1v) is 7.12. The normalized spacial score (nSPS) is 15.0. The lowest BCUT2D eigenvalue weighted by Gasteiger charge is -2.36. The molecule has 1 aromatic carbocycles. The molecule has 0 unspecified atom stereocenters. The largest absolute Gasteiger partial charge is 0.367 e. The van der Waals surface area contributed by atoms with Crippen LogP contribution in [0.3, 0.4) is 0 Å². The number of rotatable bonds is 2. The number of nitrogens with zero attached hydrogens (tertiary/aromatic N) is 2. The van der Waals surface area contributed by atoms with Gasteiger partial charge < -0.3 is 14.8 Å². The molecule has 0 radical (unpaired) electrons. The van der Waals surface area contributed by atoms with E-state index < -0.39 is 5.82 Å². The molecular weight excluding hydrogens is 285 g/mol. The first kappa shape index (κ1) is 14.3. The number of piperazine rings is 1. The summed E-state index contributed by atoms with van der Waals surface area (Å²) in [7, 11) is 0. The van der Waals surface area contributed by atoms with Gasteiger partial charge in [-0.05, 0) is 18.2 Å². The third-order valence-corrected chi connectivity index (χ3v) is 3.80. The second kappa shape index (κ2) is 6.01. The van der Waals surface area contributed by atoms with Crippen LogP contribution in [0.2, 0.25) is 0 Å². The summed E-state index contributed by atoms with van der Waals surface area (Å²) >= 11 is 0. The zero-order valence-corrected chi connectivity index (χ0v) is 12.0. The van der Waals surface area contributed by atoms with E-state index in [1.54, 1.807) is 29.3 Å². The molecule has 0 aliphatic carbocycles. The predicted molar refractivity (Wildman–Crippen MR) is 81.6 cm³/mol. The Morgan fingerprint density at radius 3 is 2.41 bits per heavy atom. The van der Waals surface area contributed by atoms with E-state index in [1.165, 1.54) is 18.2 Å². The van der Waals surface area contributed by atoms with Crippen molar-refractivity contribution in [3.63, 3.8) is 0 Å². The fraction of sp³-hybridized carbons (Fsp3) is 0.250. The van der Waals surface area contributed by atoms with Crippen LogP contribution in [-0.4, -0.2) is 42.0 Å². The maximum absolute atomic E-state index is 13.7. The standard InChI is InChI=1S/C16H16FN3O2/c17-14-4-2-1-3-13(14)16(22)20-9-7-19(8-10-20)12-5-6-15(21)18-11-12/h1-6,11H,7-10H2,(H,18,21). The average Bonchev–Trinajstić information content (AvgIpc) is 2.56. The molecule has 0 spiro atoms. The first-order chi connectivity index (χ1) is 10.6. The Morgan fingerprint density at radius 2 is 1.77 bits per heavy atom. The minimum atomic E-state index is -0.490. The van der Waals surface area contributed by atoms with Crippen LogP contribution in [0.5, 0.6) is 0 Å².